The van der Waals surface area contributed by atoms with Crippen LogP contribution in [0.3, 0.4) is 0 Å². The highest BCUT2D eigenvalue weighted by Gasteiger charge is 2.14. The average molecular weight is 206 g/mol. The fourth-order valence-electron chi connectivity index (χ4n) is 1.89. The predicted octanol–water partition coefficient (Wildman–Crippen LogP) is 3.02. The molecule has 1 aromatic rings. The van der Waals surface area contributed by atoms with Crippen molar-refractivity contribution in [1.82, 2.24) is 0 Å². The standard InChI is InChI=1S/C13H18O2/c1-2-6-12(7-3-1)14-10-4-8-13-9-5-11-15-13/h1-3,6-7,13H,4-5,8-11H2. The lowest BCUT2D eigenvalue weighted by Crippen LogP contribution is -2.07. The Morgan fingerprint density at radius 3 is 2.87 bits per heavy atom. The first kappa shape index (κ1) is 10.5. The molecule has 1 aromatic carbocycles. The van der Waals surface area contributed by atoms with Gasteiger partial charge in [-0.05, 0) is 37.8 Å². The van der Waals surface area contributed by atoms with Gasteiger partial charge >= 0.3 is 0 Å². The molecule has 0 spiro atoms. The number of rotatable bonds is 5. The summed E-state index contributed by atoms with van der Waals surface area (Å²) in [4.78, 5) is 0. The summed E-state index contributed by atoms with van der Waals surface area (Å²) in [5, 5.41) is 0. The molecule has 2 nitrogen and oxygen atoms in total. The van der Waals surface area contributed by atoms with E-state index in [1.807, 2.05) is 30.3 Å². The minimum atomic E-state index is 0.490. The van der Waals surface area contributed by atoms with Crippen LogP contribution in [0.2, 0.25) is 0 Å². The van der Waals surface area contributed by atoms with E-state index in [1.165, 1.54) is 12.8 Å². The third kappa shape index (κ3) is 3.56. The van der Waals surface area contributed by atoms with Crippen molar-refractivity contribution >= 4 is 0 Å². The smallest absolute Gasteiger partial charge is 0.119 e. The molecule has 15 heavy (non-hydrogen) atoms. The van der Waals surface area contributed by atoms with Crippen molar-refractivity contribution in [3.05, 3.63) is 30.3 Å². The van der Waals surface area contributed by atoms with Gasteiger partial charge in [0.25, 0.3) is 0 Å². The Morgan fingerprint density at radius 1 is 1.27 bits per heavy atom. The summed E-state index contributed by atoms with van der Waals surface area (Å²) in [6.45, 7) is 1.74. The molecule has 0 bridgehead atoms. The monoisotopic (exact) mass is 206 g/mol. The van der Waals surface area contributed by atoms with E-state index in [1.54, 1.807) is 0 Å². The molecule has 0 amide bonds. The van der Waals surface area contributed by atoms with Gasteiger partial charge < -0.3 is 9.47 Å². The molecule has 1 aliphatic rings. The maximum Gasteiger partial charge on any atom is 0.119 e. The maximum atomic E-state index is 5.61. The van der Waals surface area contributed by atoms with E-state index >= 15 is 0 Å². The highest BCUT2D eigenvalue weighted by molar-refractivity contribution is 5.20. The minimum absolute atomic E-state index is 0.490. The van der Waals surface area contributed by atoms with Crippen LogP contribution in [0.4, 0.5) is 0 Å². The molecule has 1 aliphatic heterocycles. The number of hydrogen-bond acceptors (Lipinski definition) is 2. The molecule has 0 N–H and O–H groups in total. The first-order chi connectivity index (χ1) is 7.45. The molecular formula is C13H18O2. The largest absolute Gasteiger partial charge is 0.494 e. The fraction of sp³-hybridized carbons (Fsp3) is 0.538. The zero-order valence-electron chi connectivity index (χ0n) is 9.02. The third-order valence-electron chi connectivity index (χ3n) is 2.71. The van der Waals surface area contributed by atoms with Crippen LogP contribution < -0.4 is 4.74 Å². The number of ether oxygens (including phenoxy) is 2. The molecular weight excluding hydrogens is 188 g/mol. The highest BCUT2D eigenvalue weighted by atomic mass is 16.5. The molecule has 0 aromatic heterocycles. The van der Waals surface area contributed by atoms with Gasteiger partial charge in [0.05, 0.1) is 12.7 Å². The molecule has 0 aliphatic carbocycles. The lowest BCUT2D eigenvalue weighted by molar-refractivity contribution is 0.0981. The molecule has 0 saturated carbocycles. The molecule has 1 saturated heterocycles. The summed E-state index contributed by atoms with van der Waals surface area (Å²) in [7, 11) is 0. The Bertz CT molecular complexity index is 265. The highest BCUT2D eigenvalue weighted by Crippen LogP contribution is 2.17. The van der Waals surface area contributed by atoms with E-state index in [2.05, 4.69) is 0 Å². The second-order valence-electron chi connectivity index (χ2n) is 3.94. The molecule has 2 heteroatoms. The second kappa shape index (κ2) is 5.76. The van der Waals surface area contributed by atoms with Gasteiger partial charge in [0.2, 0.25) is 0 Å². The Morgan fingerprint density at radius 2 is 2.13 bits per heavy atom. The summed E-state index contributed by atoms with van der Waals surface area (Å²) in [5.41, 5.74) is 0. The number of hydrogen-bond donors (Lipinski definition) is 0. The van der Waals surface area contributed by atoms with Crippen molar-refractivity contribution in [3.63, 3.8) is 0 Å². The first-order valence-corrected chi connectivity index (χ1v) is 5.74. The van der Waals surface area contributed by atoms with Gasteiger partial charge in [-0.1, -0.05) is 18.2 Å². The van der Waals surface area contributed by atoms with Crippen molar-refractivity contribution < 1.29 is 9.47 Å². The molecule has 1 heterocycles. The van der Waals surface area contributed by atoms with Gasteiger partial charge in [-0.3, -0.25) is 0 Å². The first-order valence-electron chi connectivity index (χ1n) is 5.74. The van der Waals surface area contributed by atoms with Gasteiger partial charge in [0, 0.05) is 6.61 Å². The normalized spacial score (nSPS) is 20.4. The summed E-state index contributed by atoms with van der Waals surface area (Å²) in [6, 6.07) is 9.97. The zero-order valence-corrected chi connectivity index (χ0v) is 9.02. The van der Waals surface area contributed by atoms with E-state index in [-0.39, 0.29) is 0 Å². The van der Waals surface area contributed by atoms with E-state index < -0.39 is 0 Å². The van der Waals surface area contributed by atoms with Crippen molar-refractivity contribution in [3.8, 4) is 5.75 Å². The molecule has 82 valence electrons. The summed E-state index contributed by atoms with van der Waals surface area (Å²) in [6.07, 6.45) is 5.16. The topological polar surface area (TPSA) is 18.5 Å². The second-order valence-corrected chi connectivity index (χ2v) is 3.94. The zero-order chi connectivity index (χ0) is 10.3. The van der Waals surface area contributed by atoms with Gasteiger partial charge in [-0.15, -0.1) is 0 Å². The Balaban J connectivity index is 1.59. The molecule has 0 radical (unpaired) electrons. The van der Waals surface area contributed by atoms with Crippen LogP contribution >= 0.6 is 0 Å². The van der Waals surface area contributed by atoms with Crippen LogP contribution in [0, 0.1) is 0 Å². The van der Waals surface area contributed by atoms with Gasteiger partial charge in [0.15, 0.2) is 0 Å². The summed E-state index contributed by atoms with van der Waals surface area (Å²) >= 11 is 0. The van der Waals surface area contributed by atoms with Gasteiger partial charge in [0.1, 0.15) is 5.75 Å². The Labute approximate surface area is 91.2 Å². The van der Waals surface area contributed by atoms with Crippen LogP contribution in [0.25, 0.3) is 0 Å². The van der Waals surface area contributed by atoms with Gasteiger partial charge in [-0.2, -0.15) is 0 Å². The van der Waals surface area contributed by atoms with Gasteiger partial charge in [-0.25, -0.2) is 0 Å². The van der Waals surface area contributed by atoms with Crippen LogP contribution in [0.15, 0.2) is 30.3 Å². The fourth-order valence-corrected chi connectivity index (χ4v) is 1.89. The van der Waals surface area contributed by atoms with Crippen LogP contribution in [-0.2, 0) is 4.74 Å². The number of para-hydroxylation sites is 1. The third-order valence-corrected chi connectivity index (χ3v) is 2.71. The number of benzene rings is 1. The van der Waals surface area contributed by atoms with Crippen LogP contribution in [0.5, 0.6) is 5.75 Å². The average Bonchev–Trinajstić information content (AvgIpc) is 2.79. The Kier molecular flexibility index (Phi) is 4.03. The molecule has 1 atom stereocenters. The summed E-state index contributed by atoms with van der Waals surface area (Å²) in [5.74, 6) is 0.963. The Hall–Kier alpha value is -1.02. The maximum absolute atomic E-state index is 5.61. The van der Waals surface area contributed by atoms with Crippen molar-refractivity contribution in [1.29, 1.82) is 0 Å². The van der Waals surface area contributed by atoms with Crippen molar-refractivity contribution in [2.75, 3.05) is 13.2 Å². The lowest BCUT2D eigenvalue weighted by Gasteiger charge is -2.09. The van der Waals surface area contributed by atoms with E-state index in [0.29, 0.717) is 6.10 Å². The molecule has 1 fully saturated rings. The van der Waals surface area contributed by atoms with E-state index in [4.69, 9.17) is 9.47 Å². The predicted molar refractivity (Wildman–Crippen MR) is 60.1 cm³/mol. The summed E-state index contributed by atoms with van der Waals surface area (Å²) < 4.78 is 11.2. The quantitative estimate of drug-likeness (QED) is 0.689. The van der Waals surface area contributed by atoms with Crippen LogP contribution in [-0.4, -0.2) is 19.3 Å². The molecule has 1 unspecified atom stereocenters. The van der Waals surface area contributed by atoms with Crippen LogP contribution in [0.1, 0.15) is 25.7 Å². The lowest BCUT2D eigenvalue weighted by atomic mass is 10.1. The van der Waals surface area contributed by atoms with Crippen molar-refractivity contribution in [2.24, 2.45) is 0 Å². The van der Waals surface area contributed by atoms with E-state index in [0.717, 1.165) is 31.8 Å². The molecule has 2 rings (SSSR count). The van der Waals surface area contributed by atoms with E-state index in [9.17, 15) is 0 Å². The SMILES string of the molecule is c1ccc(OCCCC2CCCO2)cc1. The minimum Gasteiger partial charge on any atom is -0.494 e. The van der Waals surface area contributed by atoms with Crippen molar-refractivity contribution in [2.45, 2.75) is 31.8 Å².